The van der Waals surface area contributed by atoms with E-state index in [1.807, 2.05) is 0 Å². The topological polar surface area (TPSA) is 12.9 Å². The second kappa shape index (κ2) is 4.81. The Balaban J connectivity index is 2.53. The first kappa shape index (κ1) is 11.4. The third-order valence-electron chi connectivity index (χ3n) is 2.23. The largest absolute Gasteiger partial charge is 0.255 e. The van der Waals surface area contributed by atoms with E-state index in [4.69, 9.17) is 23.2 Å². The molecule has 82 valence electrons. The molecular formula is C12H8Cl2FN. The van der Waals surface area contributed by atoms with E-state index in [0.717, 1.165) is 5.56 Å². The van der Waals surface area contributed by atoms with Gasteiger partial charge in [0.15, 0.2) is 0 Å². The molecule has 0 radical (unpaired) electrons. The van der Waals surface area contributed by atoms with Gasteiger partial charge in [0.2, 0.25) is 0 Å². The zero-order valence-corrected chi connectivity index (χ0v) is 9.76. The Morgan fingerprint density at radius 3 is 2.69 bits per heavy atom. The number of halogens is 3. The van der Waals surface area contributed by atoms with Crippen LogP contribution in [-0.4, -0.2) is 4.98 Å². The van der Waals surface area contributed by atoms with Gasteiger partial charge in [0.1, 0.15) is 5.82 Å². The minimum Gasteiger partial charge on any atom is -0.255 e. The molecular weight excluding hydrogens is 248 g/mol. The molecule has 2 aromatic rings. The van der Waals surface area contributed by atoms with E-state index in [1.54, 1.807) is 24.3 Å². The minimum absolute atomic E-state index is 0.281. The highest BCUT2D eigenvalue weighted by Gasteiger charge is 2.08. The highest BCUT2D eigenvalue weighted by Crippen LogP contribution is 2.25. The molecule has 0 saturated carbocycles. The number of aromatic nitrogens is 1. The van der Waals surface area contributed by atoms with Crippen molar-refractivity contribution in [2.75, 3.05) is 0 Å². The average molecular weight is 256 g/mol. The van der Waals surface area contributed by atoms with Gasteiger partial charge in [0.05, 0.1) is 10.7 Å². The van der Waals surface area contributed by atoms with Gasteiger partial charge in [-0.25, -0.2) is 4.39 Å². The van der Waals surface area contributed by atoms with E-state index >= 15 is 0 Å². The maximum atomic E-state index is 13.5. The third-order valence-corrected chi connectivity index (χ3v) is 2.86. The third kappa shape index (κ3) is 2.18. The second-order valence-corrected chi connectivity index (χ2v) is 3.95. The van der Waals surface area contributed by atoms with Crippen LogP contribution in [0, 0.1) is 5.82 Å². The maximum absolute atomic E-state index is 13.5. The molecule has 0 amide bonds. The van der Waals surface area contributed by atoms with E-state index < -0.39 is 0 Å². The molecule has 0 aliphatic carbocycles. The molecule has 1 aromatic carbocycles. The molecule has 0 unspecified atom stereocenters. The summed E-state index contributed by atoms with van der Waals surface area (Å²) in [5.41, 5.74) is 1.74. The van der Waals surface area contributed by atoms with Crippen molar-refractivity contribution in [1.82, 2.24) is 4.98 Å². The molecule has 1 nitrogen and oxygen atoms in total. The fraction of sp³-hybridized carbons (Fsp3) is 0.0833. The fourth-order valence-electron chi connectivity index (χ4n) is 1.40. The molecule has 2 rings (SSSR count). The first-order valence-electron chi connectivity index (χ1n) is 4.67. The van der Waals surface area contributed by atoms with E-state index in [0.29, 0.717) is 16.3 Å². The summed E-state index contributed by atoms with van der Waals surface area (Å²) in [7, 11) is 0. The van der Waals surface area contributed by atoms with Gasteiger partial charge in [0.25, 0.3) is 0 Å². The molecule has 0 atom stereocenters. The van der Waals surface area contributed by atoms with E-state index in [9.17, 15) is 4.39 Å². The molecule has 1 aromatic heterocycles. The number of benzene rings is 1. The zero-order chi connectivity index (χ0) is 11.5. The zero-order valence-electron chi connectivity index (χ0n) is 8.25. The summed E-state index contributed by atoms with van der Waals surface area (Å²) in [6.07, 6.45) is 1.49. The second-order valence-electron chi connectivity index (χ2n) is 3.27. The van der Waals surface area contributed by atoms with Crippen molar-refractivity contribution >= 4 is 23.2 Å². The van der Waals surface area contributed by atoms with Gasteiger partial charge in [-0.15, -0.1) is 11.6 Å². The smallest absolute Gasteiger partial charge is 0.132 e. The van der Waals surface area contributed by atoms with E-state index in [-0.39, 0.29) is 11.7 Å². The molecule has 0 N–H and O–H groups in total. The van der Waals surface area contributed by atoms with Crippen molar-refractivity contribution in [3.05, 3.63) is 52.9 Å². The molecule has 0 aliphatic rings. The summed E-state index contributed by atoms with van der Waals surface area (Å²) in [6.45, 7) is 0. The van der Waals surface area contributed by atoms with E-state index in [2.05, 4.69) is 4.98 Å². The fourth-order valence-corrected chi connectivity index (χ4v) is 1.86. The highest BCUT2D eigenvalue weighted by atomic mass is 35.5. The average Bonchev–Trinajstić information content (AvgIpc) is 2.31. The van der Waals surface area contributed by atoms with Crippen molar-refractivity contribution < 1.29 is 4.39 Å². The van der Waals surface area contributed by atoms with Crippen molar-refractivity contribution in [2.24, 2.45) is 0 Å². The minimum atomic E-state index is -0.308. The Morgan fingerprint density at radius 1 is 1.25 bits per heavy atom. The lowest BCUT2D eigenvalue weighted by Crippen LogP contribution is -1.90. The van der Waals surface area contributed by atoms with Crippen LogP contribution in [0.25, 0.3) is 11.3 Å². The molecule has 0 aliphatic heterocycles. The molecule has 0 bridgehead atoms. The van der Waals surface area contributed by atoms with Crippen molar-refractivity contribution in [3.8, 4) is 11.3 Å². The number of hydrogen-bond acceptors (Lipinski definition) is 1. The molecule has 0 saturated heterocycles. The summed E-state index contributed by atoms with van der Waals surface area (Å²) in [5.74, 6) is -0.0270. The molecule has 16 heavy (non-hydrogen) atoms. The van der Waals surface area contributed by atoms with Crippen LogP contribution >= 0.6 is 23.2 Å². The quantitative estimate of drug-likeness (QED) is 0.731. The number of alkyl halides is 1. The first-order valence-corrected chi connectivity index (χ1v) is 5.59. The predicted octanol–water partition coefficient (Wildman–Crippen LogP) is 4.28. The molecule has 1 heterocycles. The van der Waals surface area contributed by atoms with Crippen LogP contribution in [0.3, 0.4) is 0 Å². The molecule has 0 fully saturated rings. The van der Waals surface area contributed by atoms with Crippen LogP contribution in [0.4, 0.5) is 4.39 Å². The van der Waals surface area contributed by atoms with Crippen molar-refractivity contribution in [2.45, 2.75) is 5.88 Å². The maximum Gasteiger partial charge on any atom is 0.132 e. The Morgan fingerprint density at radius 2 is 2.00 bits per heavy atom. The summed E-state index contributed by atoms with van der Waals surface area (Å²) < 4.78 is 13.5. The van der Waals surface area contributed by atoms with Gasteiger partial charge < -0.3 is 0 Å². The number of nitrogens with zero attached hydrogens (tertiary/aromatic N) is 1. The lowest BCUT2D eigenvalue weighted by molar-refractivity contribution is 0.630. The standard InChI is InChI=1S/C12H8Cl2FN/c13-6-8-5-12(16-7-10(8)14)9-3-1-2-4-11(9)15/h1-5,7H,6H2. The van der Waals surface area contributed by atoms with Crippen LogP contribution in [-0.2, 0) is 5.88 Å². The van der Waals surface area contributed by atoms with Gasteiger partial charge in [-0.2, -0.15) is 0 Å². The van der Waals surface area contributed by atoms with Crippen LogP contribution in [0.15, 0.2) is 36.5 Å². The number of pyridine rings is 1. The van der Waals surface area contributed by atoms with Gasteiger partial charge in [-0.1, -0.05) is 23.7 Å². The SMILES string of the molecule is Fc1ccccc1-c1cc(CCl)c(Cl)cn1. The summed E-state index contributed by atoms with van der Waals surface area (Å²) in [5, 5.41) is 0.495. The van der Waals surface area contributed by atoms with E-state index in [1.165, 1.54) is 12.3 Å². The van der Waals surface area contributed by atoms with Gasteiger partial charge in [0, 0.05) is 17.6 Å². The summed E-state index contributed by atoms with van der Waals surface area (Å²) in [4.78, 5) is 4.09. The summed E-state index contributed by atoms with van der Waals surface area (Å²) in [6, 6.07) is 8.16. The lowest BCUT2D eigenvalue weighted by atomic mass is 10.1. The Labute approximate surface area is 103 Å². The van der Waals surface area contributed by atoms with Crippen LogP contribution in [0.2, 0.25) is 5.02 Å². The molecule has 4 heteroatoms. The number of rotatable bonds is 2. The van der Waals surface area contributed by atoms with Gasteiger partial charge >= 0.3 is 0 Å². The van der Waals surface area contributed by atoms with Crippen molar-refractivity contribution in [1.29, 1.82) is 0 Å². The van der Waals surface area contributed by atoms with Crippen LogP contribution in [0.5, 0.6) is 0 Å². The Hall–Kier alpha value is -1.12. The Kier molecular flexibility index (Phi) is 3.42. The highest BCUT2D eigenvalue weighted by molar-refractivity contribution is 6.32. The van der Waals surface area contributed by atoms with Crippen molar-refractivity contribution in [3.63, 3.8) is 0 Å². The lowest BCUT2D eigenvalue weighted by Gasteiger charge is -2.05. The normalized spacial score (nSPS) is 10.4. The summed E-state index contributed by atoms with van der Waals surface area (Å²) >= 11 is 11.6. The van der Waals surface area contributed by atoms with Crippen LogP contribution in [0.1, 0.15) is 5.56 Å². The Bertz CT molecular complexity index is 514. The predicted molar refractivity (Wildman–Crippen MR) is 64.2 cm³/mol. The van der Waals surface area contributed by atoms with Gasteiger partial charge in [-0.3, -0.25) is 4.98 Å². The van der Waals surface area contributed by atoms with Crippen LogP contribution < -0.4 is 0 Å². The molecule has 0 spiro atoms. The van der Waals surface area contributed by atoms with Gasteiger partial charge in [-0.05, 0) is 23.8 Å². The monoisotopic (exact) mass is 255 g/mol. The number of hydrogen-bond donors (Lipinski definition) is 0. The first-order chi connectivity index (χ1) is 7.72.